The van der Waals surface area contributed by atoms with Gasteiger partial charge in [0.1, 0.15) is 11.9 Å². The summed E-state index contributed by atoms with van der Waals surface area (Å²) >= 11 is 0. The molecule has 2 atom stereocenters. The first-order valence-corrected chi connectivity index (χ1v) is 7.41. The summed E-state index contributed by atoms with van der Waals surface area (Å²) in [6, 6.07) is 10.00. The van der Waals surface area contributed by atoms with E-state index in [1.165, 1.54) is 0 Å². The van der Waals surface area contributed by atoms with Crippen LogP contribution in [0.1, 0.15) is 20.8 Å². The third kappa shape index (κ3) is 7.56. The van der Waals surface area contributed by atoms with E-state index in [1.807, 2.05) is 44.2 Å². The second-order valence-corrected chi connectivity index (χ2v) is 4.96. The second kappa shape index (κ2) is 10.0. The first-order chi connectivity index (χ1) is 10.2. The van der Waals surface area contributed by atoms with Crippen LogP contribution in [-0.4, -0.2) is 44.9 Å². The van der Waals surface area contributed by atoms with Crippen LogP contribution in [0.5, 0.6) is 5.75 Å². The smallest absolute Gasteiger partial charge is 0.191 e. The van der Waals surface area contributed by atoms with Crippen molar-refractivity contribution in [2.75, 3.05) is 26.8 Å². The van der Waals surface area contributed by atoms with Crippen LogP contribution in [0.3, 0.4) is 0 Å². The first kappa shape index (κ1) is 17.3. The zero-order chi connectivity index (χ0) is 15.5. The summed E-state index contributed by atoms with van der Waals surface area (Å²) in [5, 5.41) is 6.52. The van der Waals surface area contributed by atoms with Crippen molar-refractivity contribution in [3.05, 3.63) is 30.3 Å². The van der Waals surface area contributed by atoms with Crippen molar-refractivity contribution in [1.82, 2.24) is 10.6 Å². The third-order valence-electron chi connectivity index (χ3n) is 2.73. The Morgan fingerprint density at radius 1 is 1.24 bits per heavy atom. The molecule has 1 aromatic rings. The standard InChI is InChI=1S/C16H27N3O2/c1-5-17-16(19-13(2)12-20-4)18-11-14(3)21-15-9-7-6-8-10-15/h6-10,13-14H,5,11-12H2,1-4H3,(H2,17,18,19). The van der Waals surface area contributed by atoms with E-state index >= 15 is 0 Å². The molecule has 0 heterocycles. The van der Waals surface area contributed by atoms with Gasteiger partial charge in [0, 0.05) is 19.7 Å². The van der Waals surface area contributed by atoms with E-state index in [9.17, 15) is 0 Å². The number of aliphatic imine (C=N–C) groups is 1. The summed E-state index contributed by atoms with van der Waals surface area (Å²) in [6.45, 7) is 8.16. The van der Waals surface area contributed by atoms with E-state index in [0.29, 0.717) is 13.2 Å². The lowest BCUT2D eigenvalue weighted by Crippen LogP contribution is -2.44. The van der Waals surface area contributed by atoms with Crippen molar-refractivity contribution in [2.24, 2.45) is 4.99 Å². The average Bonchev–Trinajstić information content (AvgIpc) is 2.46. The van der Waals surface area contributed by atoms with Gasteiger partial charge in [0.15, 0.2) is 5.96 Å². The molecule has 21 heavy (non-hydrogen) atoms. The van der Waals surface area contributed by atoms with Crippen LogP contribution in [-0.2, 0) is 4.74 Å². The van der Waals surface area contributed by atoms with E-state index in [4.69, 9.17) is 9.47 Å². The van der Waals surface area contributed by atoms with Gasteiger partial charge in [-0.15, -0.1) is 0 Å². The molecule has 0 radical (unpaired) electrons. The van der Waals surface area contributed by atoms with Gasteiger partial charge in [0.2, 0.25) is 0 Å². The lowest BCUT2D eigenvalue weighted by molar-refractivity contribution is 0.179. The molecule has 2 N–H and O–H groups in total. The van der Waals surface area contributed by atoms with Crippen molar-refractivity contribution >= 4 is 5.96 Å². The number of hydrogen-bond acceptors (Lipinski definition) is 3. The number of nitrogens with one attached hydrogen (secondary N) is 2. The maximum Gasteiger partial charge on any atom is 0.191 e. The maximum atomic E-state index is 5.81. The molecule has 2 unspecified atom stereocenters. The van der Waals surface area contributed by atoms with Gasteiger partial charge in [0.05, 0.1) is 13.2 Å². The van der Waals surface area contributed by atoms with Gasteiger partial charge in [-0.2, -0.15) is 0 Å². The van der Waals surface area contributed by atoms with Gasteiger partial charge in [0.25, 0.3) is 0 Å². The van der Waals surface area contributed by atoms with Crippen molar-refractivity contribution in [3.63, 3.8) is 0 Å². The molecule has 0 aromatic heterocycles. The third-order valence-corrected chi connectivity index (χ3v) is 2.73. The van der Waals surface area contributed by atoms with Gasteiger partial charge in [-0.05, 0) is 32.9 Å². The minimum atomic E-state index is 0.0144. The number of nitrogens with zero attached hydrogens (tertiary/aromatic N) is 1. The fourth-order valence-electron chi connectivity index (χ4n) is 1.83. The Morgan fingerprint density at radius 2 is 1.95 bits per heavy atom. The summed E-state index contributed by atoms with van der Waals surface area (Å²) in [6.07, 6.45) is 0.0144. The Bertz CT molecular complexity index is 409. The summed E-state index contributed by atoms with van der Waals surface area (Å²) in [5.41, 5.74) is 0. The Kier molecular flexibility index (Phi) is 8.28. The largest absolute Gasteiger partial charge is 0.489 e. The van der Waals surface area contributed by atoms with Crippen LogP contribution in [0.2, 0.25) is 0 Å². The predicted octanol–water partition coefficient (Wildman–Crippen LogP) is 2.04. The zero-order valence-corrected chi connectivity index (χ0v) is 13.4. The number of benzene rings is 1. The molecule has 5 nitrogen and oxygen atoms in total. The predicted molar refractivity (Wildman–Crippen MR) is 87.0 cm³/mol. The number of methoxy groups -OCH3 is 1. The van der Waals surface area contributed by atoms with Crippen LogP contribution >= 0.6 is 0 Å². The Labute approximate surface area is 127 Å². The maximum absolute atomic E-state index is 5.81. The van der Waals surface area contributed by atoms with Crippen molar-refractivity contribution in [1.29, 1.82) is 0 Å². The highest BCUT2D eigenvalue weighted by Gasteiger charge is 2.07. The lowest BCUT2D eigenvalue weighted by atomic mass is 10.3. The quantitative estimate of drug-likeness (QED) is 0.569. The first-order valence-electron chi connectivity index (χ1n) is 7.41. The van der Waals surface area contributed by atoms with Gasteiger partial charge >= 0.3 is 0 Å². The minimum absolute atomic E-state index is 0.0144. The van der Waals surface area contributed by atoms with Crippen molar-refractivity contribution in [3.8, 4) is 5.75 Å². The fourth-order valence-corrected chi connectivity index (χ4v) is 1.83. The summed E-state index contributed by atoms with van der Waals surface area (Å²) in [5.74, 6) is 1.65. The molecule has 0 spiro atoms. The number of guanidine groups is 1. The van der Waals surface area contributed by atoms with E-state index in [-0.39, 0.29) is 12.1 Å². The van der Waals surface area contributed by atoms with E-state index in [2.05, 4.69) is 22.5 Å². The highest BCUT2D eigenvalue weighted by Crippen LogP contribution is 2.10. The summed E-state index contributed by atoms with van der Waals surface area (Å²) < 4.78 is 10.9. The van der Waals surface area contributed by atoms with Crippen molar-refractivity contribution in [2.45, 2.75) is 32.9 Å². The lowest BCUT2D eigenvalue weighted by Gasteiger charge is -2.18. The van der Waals surface area contributed by atoms with Crippen LogP contribution in [0.25, 0.3) is 0 Å². The summed E-state index contributed by atoms with van der Waals surface area (Å²) in [4.78, 5) is 4.55. The molecule has 1 aromatic carbocycles. The van der Waals surface area contributed by atoms with E-state index in [0.717, 1.165) is 18.3 Å². The number of ether oxygens (including phenoxy) is 2. The molecular formula is C16H27N3O2. The monoisotopic (exact) mass is 293 g/mol. The van der Waals surface area contributed by atoms with Crippen LogP contribution in [0.15, 0.2) is 35.3 Å². The second-order valence-electron chi connectivity index (χ2n) is 4.96. The van der Waals surface area contributed by atoms with Gasteiger partial charge < -0.3 is 20.1 Å². The molecule has 118 valence electrons. The van der Waals surface area contributed by atoms with Crippen LogP contribution < -0.4 is 15.4 Å². The molecular weight excluding hydrogens is 266 g/mol. The molecule has 0 fully saturated rings. The minimum Gasteiger partial charge on any atom is -0.489 e. The van der Waals surface area contributed by atoms with Crippen LogP contribution in [0.4, 0.5) is 0 Å². The number of para-hydroxylation sites is 1. The molecule has 1 rings (SSSR count). The molecule has 0 aliphatic rings. The Balaban J connectivity index is 2.48. The molecule has 0 bridgehead atoms. The zero-order valence-electron chi connectivity index (χ0n) is 13.4. The Hall–Kier alpha value is -1.75. The topological polar surface area (TPSA) is 54.9 Å². The highest BCUT2D eigenvalue weighted by atomic mass is 16.5. The van der Waals surface area contributed by atoms with Gasteiger partial charge in [-0.1, -0.05) is 18.2 Å². The SMILES string of the molecule is CCNC(=NCC(C)Oc1ccccc1)NC(C)COC. The molecule has 0 aliphatic heterocycles. The molecule has 0 saturated heterocycles. The normalized spacial score (nSPS) is 14.4. The summed E-state index contributed by atoms with van der Waals surface area (Å²) in [7, 11) is 1.69. The van der Waals surface area contributed by atoms with E-state index < -0.39 is 0 Å². The van der Waals surface area contributed by atoms with Gasteiger partial charge in [-0.25, -0.2) is 4.99 Å². The number of rotatable bonds is 8. The van der Waals surface area contributed by atoms with Crippen molar-refractivity contribution < 1.29 is 9.47 Å². The van der Waals surface area contributed by atoms with Gasteiger partial charge in [-0.3, -0.25) is 0 Å². The van der Waals surface area contributed by atoms with Crippen LogP contribution in [0, 0.1) is 0 Å². The average molecular weight is 293 g/mol. The number of hydrogen-bond donors (Lipinski definition) is 2. The Morgan fingerprint density at radius 3 is 2.57 bits per heavy atom. The van der Waals surface area contributed by atoms with E-state index in [1.54, 1.807) is 7.11 Å². The molecule has 0 aliphatic carbocycles. The molecule has 0 saturated carbocycles. The molecule has 5 heteroatoms. The molecule has 0 amide bonds. The highest BCUT2D eigenvalue weighted by molar-refractivity contribution is 5.80. The fraction of sp³-hybridized carbons (Fsp3) is 0.562.